The van der Waals surface area contributed by atoms with Crippen LogP contribution in [0.5, 0.6) is 0 Å². The lowest BCUT2D eigenvalue weighted by atomic mass is 10.2. The minimum atomic E-state index is -3.81. The summed E-state index contributed by atoms with van der Waals surface area (Å²) in [5.41, 5.74) is 1.26. The first kappa shape index (κ1) is 9.05. The molecule has 1 heterocycles. The Morgan fingerprint density at radius 1 is 1.75 bits per heavy atom. The van der Waals surface area contributed by atoms with Crippen molar-refractivity contribution in [3.05, 3.63) is 16.1 Å². The second kappa shape index (κ2) is 2.78. The van der Waals surface area contributed by atoms with E-state index in [0.29, 0.717) is 11.3 Å². The van der Waals surface area contributed by atoms with Crippen LogP contribution < -0.4 is 0 Å². The highest BCUT2D eigenvalue weighted by Crippen LogP contribution is 2.33. The topological polar surface area (TPSA) is 50.2 Å². The number of alkyl halides is 2. The molecule has 0 aliphatic rings. The number of hydrogen-bond acceptors (Lipinski definition) is 3. The molecule has 1 N–H and O–H groups in total. The van der Waals surface area contributed by atoms with Crippen LogP contribution in [0.25, 0.3) is 0 Å². The highest BCUT2D eigenvalue weighted by molar-refractivity contribution is 7.10. The van der Waals surface area contributed by atoms with Gasteiger partial charge in [0.25, 0.3) is 0 Å². The van der Waals surface area contributed by atoms with Gasteiger partial charge in [-0.1, -0.05) is 0 Å². The number of halogens is 2. The molecule has 0 unspecified atom stereocenters. The number of thiazole rings is 1. The Hall–Kier alpha value is -1.04. The molecule has 0 atom stereocenters. The van der Waals surface area contributed by atoms with E-state index in [1.165, 1.54) is 12.4 Å². The molecule has 0 aliphatic carbocycles. The third-order valence-corrected chi connectivity index (χ3v) is 2.30. The molecule has 0 aliphatic heterocycles. The molecule has 0 aromatic carbocycles. The van der Waals surface area contributed by atoms with Gasteiger partial charge in [0.15, 0.2) is 0 Å². The summed E-state index contributed by atoms with van der Waals surface area (Å²) in [7, 11) is 0. The Bertz CT molecular complexity index is 310. The Kier molecular flexibility index (Phi) is 2.10. The van der Waals surface area contributed by atoms with E-state index in [2.05, 4.69) is 4.98 Å². The van der Waals surface area contributed by atoms with Crippen molar-refractivity contribution in [1.29, 1.82) is 0 Å². The van der Waals surface area contributed by atoms with Crippen LogP contribution in [0, 0.1) is 6.92 Å². The molecule has 66 valence electrons. The molecular formula is C6H5F2NO2S. The Morgan fingerprint density at radius 2 is 2.33 bits per heavy atom. The van der Waals surface area contributed by atoms with Gasteiger partial charge in [-0.15, -0.1) is 11.3 Å². The van der Waals surface area contributed by atoms with Crippen LogP contribution >= 0.6 is 11.3 Å². The van der Waals surface area contributed by atoms with E-state index in [1.54, 1.807) is 0 Å². The molecule has 0 spiro atoms. The molecule has 0 saturated carbocycles. The van der Waals surface area contributed by atoms with E-state index >= 15 is 0 Å². The molecular weight excluding hydrogens is 188 g/mol. The Morgan fingerprint density at radius 3 is 2.67 bits per heavy atom. The van der Waals surface area contributed by atoms with Gasteiger partial charge in [-0.05, 0) is 6.92 Å². The number of aliphatic carboxylic acids is 1. The predicted octanol–water partition coefficient (Wildman–Crippen LogP) is 1.63. The summed E-state index contributed by atoms with van der Waals surface area (Å²) in [5.74, 6) is -5.96. The van der Waals surface area contributed by atoms with E-state index < -0.39 is 16.8 Å². The molecule has 1 aromatic rings. The second-order valence-corrected chi connectivity index (χ2v) is 3.00. The summed E-state index contributed by atoms with van der Waals surface area (Å²) in [6.07, 6.45) is 0. The number of carbonyl (C=O) groups is 1. The van der Waals surface area contributed by atoms with E-state index in [4.69, 9.17) is 5.11 Å². The van der Waals surface area contributed by atoms with Crippen LogP contribution in [-0.2, 0) is 10.7 Å². The van der Waals surface area contributed by atoms with E-state index in [0.717, 1.165) is 0 Å². The molecule has 1 rings (SSSR count). The SMILES string of the molecule is Cc1ncsc1C(F)(F)C(=O)O. The Balaban J connectivity index is 3.13. The number of carboxylic acid groups (broad SMARTS) is 1. The van der Waals surface area contributed by atoms with Gasteiger partial charge in [-0.3, -0.25) is 0 Å². The summed E-state index contributed by atoms with van der Waals surface area (Å²) in [6, 6.07) is 0. The average Bonchev–Trinajstić information content (AvgIpc) is 2.35. The monoisotopic (exact) mass is 193 g/mol. The first-order valence-corrected chi connectivity index (χ1v) is 3.86. The van der Waals surface area contributed by atoms with Crippen molar-refractivity contribution in [2.24, 2.45) is 0 Å². The van der Waals surface area contributed by atoms with Crippen LogP contribution in [0.3, 0.4) is 0 Å². The van der Waals surface area contributed by atoms with Crippen molar-refractivity contribution in [1.82, 2.24) is 4.98 Å². The lowest BCUT2D eigenvalue weighted by Gasteiger charge is -2.08. The number of hydrogen-bond donors (Lipinski definition) is 1. The minimum absolute atomic E-state index is 0.0624. The third-order valence-electron chi connectivity index (χ3n) is 1.30. The molecule has 0 radical (unpaired) electrons. The predicted molar refractivity (Wildman–Crippen MR) is 38.4 cm³/mol. The maximum Gasteiger partial charge on any atom is 0.380 e. The van der Waals surface area contributed by atoms with Crippen LogP contribution in [-0.4, -0.2) is 16.1 Å². The zero-order chi connectivity index (χ0) is 9.35. The maximum absolute atomic E-state index is 12.7. The van der Waals surface area contributed by atoms with Crippen molar-refractivity contribution in [3.63, 3.8) is 0 Å². The van der Waals surface area contributed by atoms with Crippen molar-refractivity contribution in [2.45, 2.75) is 12.8 Å². The van der Waals surface area contributed by atoms with Gasteiger partial charge >= 0.3 is 11.9 Å². The number of nitrogens with zero attached hydrogens (tertiary/aromatic N) is 1. The first-order valence-electron chi connectivity index (χ1n) is 2.98. The smallest absolute Gasteiger partial charge is 0.380 e. The molecule has 12 heavy (non-hydrogen) atoms. The van der Waals surface area contributed by atoms with Gasteiger partial charge in [0.2, 0.25) is 0 Å². The number of aromatic nitrogens is 1. The fourth-order valence-electron chi connectivity index (χ4n) is 0.700. The van der Waals surface area contributed by atoms with E-state index in [9.17, 15) is 13.6 Å². The number of aryl methyl sites for hydroxylation is 1. The fraction of sp³-hybridized carbons (Fsp3) is 0.333. The van der Waals surface area contributed by atoms with E-state index in [1.807, 2.05) is 0 Å². The molecule has 0 fully saturated rings. The maximum atomic E-state index is 12.7. The molecule has 6 heteroatoms. The average molecular weight is 193 g/mol. The summed E-state index contributed by atoms with van der Waals surface area (Å²) < 4.78 is 25.5. The highest BCUT2D eigenvalue weighted by Gasteiger charge is 2.43. The van der Waals surface area contributed by atoms with Crippen LogP contribution in [0.2, 0.25) is 0 Å². The van der Waals surface area contributed by atoms with Gasteiger partial charge < -0.3 is 5.11 Å². The quantitative estimate of drug-likeness (QED) is 0.776. The van der Waals surface area contributed by atoms with Crippen molar-refractivity contribution >= 4 is 17.3 Å². The first-order chi connectivity index (χ1) is 5.46. The zero-order valence-electron chi connectivity index (χ0n) is 6.04. The van der Waals surface area contributed by atoms with Crippen molar-refractivity contribution in [3.8, 4) is 0 Å². The molecule has 3 nitrogen and oxygen atoms in total. The van der Waals surface area contributed by atoms with Crippen LogP contribution in [0.15, 0.2) is 5.51 Å². The van der Waals surface area contributed by atoms with Crippen LogP contribution in [0.4, 0.5) is 8.78 Å². The normalized spacial score (nSPS) is 11.6. The lowest BCUT2D eigenvalue weighted by molar-refractivity contribution is -0.165. The lowest BCUT2D eigenvalue weighted by Crippen LogP contribution is -2.24. The van der Waals surface area contributed by atoms with E-state index in [-0.39, 0.29) is 5.69 Å². The molecule has 1 aromatic heterocycles. The third kappa shape index (κ3) is 1.29. The van der Waals surface area contributed by atoms with Crippen molar-refractivity contribution in [2.75, 3.05) is 0 Å². The van der Waals surface area contributed by atoms with Crippen LogP contribution in [0.1, 0.15) is 10.6 Å². The van der Waals surface area contributed by atoms with Gasteiger partial charge in [0.1, 0.15) is 4.88 Å². The highest BCUT2D eigenvalue weighted by atomic mass is 32.1. The molecule has 0 bridgehead atoms. The van der Waals surface area contributed by atoms with Gasteiger partial charge in [0, 0.05) is 0 Å². The summed E-state index contributed by atoms with van der Waals surface area (Å²) in [4.78, 5) is 13.1. The number of carboxylic acids is 1. The molecule has 0 saturated heterocycles. The molecule has 0 amide bonds. The van der Waals surface area contributed by atoms with Gasteiger partial charge in [-0.2, -0.15) is 8.78 Å². The van der Waals surface area contributed by atoms with Crippen molar-refractivity contribution < 1.29 is 18.7 Å². The number of rotatable bonds is 2. The Labute approximate surface area is 70.7 Å². The summed E-state index contributed by atoms with van der Waals surface area (Å²) in [5, 5.41) is 8.17. The fourth-order valence-corrected chi connectivity index (χ4v) is 1.48. The zero-order valence-corrected chi connectivity index (χ0v) is 6.86. The standard InChI is InChI=1S/C6H5F2NO2S/c1-3-4(12-2-9-3)6(7,8)5(10)11/h2H,1H3,(H,10,11). The second-order valence-electron chi connectivity index (χ2n) is 2.15. The van der Waals surface area contributed by atoms with Gasteiger partial charge in [-0.25, -0.2) is 9.78 Å². The minimum Gasteiger partial charge on any atom is -0.477 e. The van der Waals surface area contributed by atoms with Gasteiger partial charge in [0.05, 0.1) is 11.2 Å². The summed E-state index contributed by atoms with van der Waals surface area (Å²) in [6.45, 7) is 1.35. The summed E-state index contributed by atoms with van der Waals surface area (Å²) >= 11 is 0.643. The largest absolute Gasteiger partial charge is 0.477 e.